The fourth-order valence-electron chi connectivity index (χ4n) is 2.39. The molecule has 0 amide bonds. The number of hydrogen-bond donors (Lipinski definition) is 0. The monoisotopic (exact) mass is 317 g/mol. The minimum absolute atomic E-state index is 0.495. The zero-order valence-corrected chi connectivity index (χ0v) is 13.5. The van der Waals surface area contributed by atoms with Gasteiger partial charge in [0, 0.05) is 5.56 Å². The Morgan fingerprint density at radius 3 is 1.84 bits per heavy atom. The molecule has 1 heterocycles. The van der Waals surface area contributed by atoms with E-state index in [0.717, 1.165) is 10.3 Å². The second-order valence-corrected chi connectivity index (χ2v) is 6.28. The molecule has 0 aliphatic rings. The van der Waals surface area contributed by atoms with Crippen molar-refractivity contribution in [1.29, 1.82) is 0 Å². The Bertz CT molecular complexity index is 547. The zero-order chi connectivity index (χ0) is 14.0. The Labute approximate surface area is 124 Å². The SMILES string of the molecule is CC(C)c1cccc(C(C)C)c1-c1cccc(Br)n1. The maximum absolute atomic E-state index is 4.65. The van der Waals surface area contributed by atoms with Crippen LogP contribution in [-0.4, -0.2) is 4.98 Å². The minimum Gasteiger partial charge on any atom is -0.241 e. The number of rotatable bonds is 3. The molecule has 1 aromatic heterocycles. The van der Waals surface area contributed by atoms with Crippen LogP contribution in [0.2, 0.25) is 0 Å². The van der Waals surface area contributed by atoms with Crippen molar-refractivity contribution in [3.05, 3.63) is 52.1 Å². The summed E-state index contributed by atoms with van der Waals surface area (Å²) in [5.41, 5.74) is 5.10. The Morgan fingerprint density at radius 1 is 0.842 bits per heavy atom. The van der Waals surface area contributed by atoms with E-state index < -0.39 is 0 Å². The van der Waals surface area contributed by atoms with Crippen molar-refractivity contribution in [2.75, 3.05) is 0 Å². The highest BCUT2D eigenvalue weighted by Gasteiger charge is 2.16. The van der Waals surface area contributed by atoms with E-state index in [2.05, 4.69) is 72.9 Å². The van der Waals surface area contributed by atoms with Crippen molar-refractivity contribution in [2.45, 2.75) is 39.5 Å². The first-order valence-corrected chi connectivity index (χ1v) is 7.55. The Morgan fingerprint density at radius 2 is 1.37 bits per heavy atom. The van der Waals surface area contributed by atoms with Crippen LogP contribution in [0.3, 0.4) is 0 Å². The van der Waals surface area contributed by atoms with Crippen LogP contribution < -0.4 is 0 Å². The number of pyridine rings is 1. The lowest BCUT2D eigenvalue weighted by Crippen LogP contribution is -2.01. The summed E-state index contributed by atoms with van der Waals surface area (Å²) in [5.74, 6) is 0.990. The normalized spacial score (nSPS) is 11.3. The largest absolute Gasteiger partial charge is 0.241 e. The topological polar surface area (TPSA) is 12.9 Å². The van der Waals surface area contributed by atoms with Crippen LogP contribution in [0.5, 0.6) is 0 Å². The Balaban J connectivity index is 2.71. The third kappa shape index (κ3) is 3.06. The van der Waals surface area contributed by atoms with E-state index in [-0.39, 0.29) is 0 Å². The third-order valence-electron chi connectivity index (χ3n) is 3.34. The quantitative estimate of drug-likeness (QED) is 0.656. The first kappa shape index (κ1) is 14.3. The molecule has 0 spiro atoms. The summed E-state index contributed by atoms with van der Waals surface area (Å²) in [6, 6.07) is 12.7. The summed E-state index contributed by atoms with van der Waals surface area (Å²) >= 11 is 3.47. The lowest BCUT2D eigenvalue weighted by Gasteiger charge is -2.19. The van der Waals surface area contributed by atoms with Gasteiger partial charge in [0.25, 0.3) is 0 Å². The van der Waals surface area contributed by atoms with Crippen LogP contribution >= 0.6 is 15.9 Å². The average Bonchev–Trinajstić information content (AvgIpc) is 2.37. The fraction of sp³-hybridized carbons (Fsp3) is 0.353. The van der Waals surface area contributed by atoms with E-state index in [1.165, 1.54) is 16.7 Å². The van der Waals surface area contributed by atoms with Crippen molar-refractivity contribution >= 4 is 15.9 Å². The predicted octanol–water partition coefficient (Wildman–Crippen LogP) is 5.76. The van der Waals surface area contributed by atoms with Gasteiger partial charge < -0.3 is 0 Å². The molecule has 0 saturated carbocycles. The smallest absolute Gasteiger partial charge is 0.106 e. The number of halogens is 1. The van der Waals surface area contributed by atoms with Gasteiger partial charge in [-0.1, -0.05) is 52.0 Å². The van der Waals surface area contributed by atoms with E-state index in [1.807, 2.05) is 12.1 Å². The summed E-state index contributed by atoms with van der Waals surface area (Å²) < 4.78 is 0.887. The van der Waals surface area contributed by atoms with E-state index in [1.54, 1.807) is 0 Å². The lowest BCUT2D eigenvalue weighted by atomic mass is 9.87. The summed E-state index contributed by atoms with van der Waals surface area (Å²) in [6.07, 6.45) is 0. The van der Waals surface area contributed by atoms with Gasteiger partial charge in [-0.05, 0) is 51.0 Å². The number of benzene rings is 1. The molecule has 0 aliphatic carbocycles. The van der Waals surface area contributed by atoms with Gasteiger partial charge in [-0.15, -0.1) is 0 Å². The van der Waals surface area contributed by atoms with Crippen LogP contribution in [0.25, 0.3) is 11.3 Å². The van der Waals surface area contributed by atoms with Gasteiger partial charge in [0.15, 0.2) is 0 Å². The van der Waals surface area contributed by atoms with Gasteiger partial charge in [0.05, 0.1) is 5.69 Å². The average molecular weight is 318 g/mol. The van der Waals surface area contributed by atoms with Crippen molar-refractivity contribution in [1.82, 2.24) is 4.98 Å². The highest BCUT2D eigenvalue weighted by atomic mass is 79.9. The molecule has 0 atom stereocenters. The number of aromatic nitrogens is 1. The predicted molar refractivity (Wildman–Crippen MR) is 85.6 cm³/mol. The molecule has 0 fully saturated rings. The molecule has 0 aliphatic heterocycles. The van der Waals surface area contributed by atoms with Crippen LogP contribution in [0, 0.1) is 0 Å². The van der Waals surface area contributed by atoms with Crippen molar-refractivity contribution in [3.8, 4) is 11.3 Å². The van der Waals surface area contributed by atoms with E-state index in [9.17, 15) is 0 Å². The number of nitrogens with zero attached hydrogens (tertiary/aromatic N) is 1. The highest BCUT2D eigenvalue weighted by molar-refractivity contribution is 9.10. The molecular formula is C17H20BrN. The Hall–Kier alpha value is -1.15. The van der Waals surface area contributed by atoms with Gasteiger partial charge >= 0.3 is 0 Å². The van der Waals surface area contributed by atoms with Gasteiger partial charge in [-0.3, -0.25) is 0 Å². The second kappa shape index (κ2) is 5.87. The molecule has 0 bridgehead atoms. The van der Waals surface area contributed by atoms with Crippen molar-refractivity contribution in [2.24, 2.45) is 0 Å². The van der Waals surface area contributed by atoms with Crippen LogP contribution in [-0.2, 0) is 0 Å². The molecule has 1 aromatic carbocycles. The Kier molecular flexibility index (Phi) is 4.41. The minimum atomic E-state index is 0.495. The standard InChI is InChI=1S/C17H20BrN/c1-11(2)13-7-5-8-14(12(3)4)17(13)15-9-6-10-16(18)19-15/h5-12H,1-4H3. The van der Waals surface area contributed by atoms with E-state index >= 15 is 0 Å². The summed E-state index contributed by atoms with van der Waals surface area (Å²) in [6.45, 7) is 8.95. The first-order valence-electron chi connectivity index (χ1n) is 6.76. The van der Waals surface area contributed by atoms with Gasteiger partial charge in [0.1, 0.15) is 4.60 Å². The van der Waals surface area contributed by atoms with Crippen molar-refractivity contribution < 1.29 is 0 Å². The molecule has 1 nitrogen and oxygen atoms in total. The first-order chi connectivity index (χ1) is 9.00. The molecule has 0 N–H and O–H groups in total. The van der Waals surface area contributed by atoms with Gasteiger partial charge in [-0.2, -0.15) is 0 Å². The van der Waals surface area contributed by atoms with Crippen LogP contribution in [0.15, 0.2) is 41.0 Å². The molecule has 2 rings (SSSR count). The van der Waals surface area contributed by atoms with Crippen molar-refractivity contribution in [3.63, 3.8) is 0 Å². The van der Waals surface area contributed by atoms with Gasteiger partial charge in [0.2, 0.25) is 0 Å². The van der Waals surface area contributed by atoms with Crippen LogP contribution in [0.4, 0.5) is 0 Å². The molecule has 2 heteroatoms. The third-order valence-corrected chi connectivity index (χ3v) is 3.79. The molecule has 0 saturated heterocycles. The fourth-order valence-corrected chi connectivity index (χ4v) is 2.74. The van der Waals surface area contributed by atoms with Crippen LogP contribution in [0.1, 0.15) is 50.7 Å². The molecule has 2 aromatic rings. The zero-order valence-electron chi connectivity index (χ0n) is 11.9. The number of hydrogen-bond acceptors (Lipinski definition) is 1. The van der Waals surface area contributed by atoms with E-state index in [0.29, 0.717) is 11.8 Å². The second-order valence-electron chi connectivity index (χ2n) is 5.47. The molecule has 0 radical (unpaired) electrons. The summed E-state index contributed by atoms with van der Waals surface area (Å²) in [7, 11) is 0. The molecular weight excluding hydrogens is 298 g/mol. The highest BCUT2D eigenvalue weighted by Crippen LogP contribution is 2.35. The lowest BCUT2D eigenvalue weighted by molar-refractivity contribution is 0.836. The molecule has 19 heavy (non-hydrogen) atoms. The van der Waals surface area contributed by atoms with E-state index in [4.69, 9.17) is 0 Å². The maximum Gasteiger partial charge on any atom is 0.106 e. The molecule has 0 unspecified atom stereocenters. The summed E-state index contributed by atoms with van der Waals surface area (Å²) in [4.78, 5) is 4.65. The van der Waals surface area contributed by atoms with Gasteiger partial charge in [-0.25, -0.2) is 4.98 Å². The maximum atomic E-state index is 4.65. The molecule has 100 valence electrons. The summed E-state index contributed by atoms with van der Waals surface area (Å²) in [5, 5.41) is 0.